The molecular formula is C10H11Cl2NOS. The van der Waals surface area contributed by atoms with E-state index in [2.05, 4.69) is 0 Å². The molecule has 1 aromatic carbocycles. The van der Waals surface area contributed by atoms with Gasteiger partial charge in [0.25, 0.3) is 0 Å². The van der Waals surface area contributed by atoms with Crippen molar-refractivity contribution in [1.29, 1.82) is 0 Å². The Morgan fingerprint density at radius 1 is 1.27 bits per heavy atom. The summed E-state index contributed by atoms with van der Waals surface area (Å²) in [5.41, 5.74) is 5.35. The number of ether oxygens (including phenoxy) is 1. The fraction of sp³-hybridized carbons (Fsp3) is 0.300. The van der Waals surface area contributed by atoms with Crippen molar-refractivity contribution in [3.05, 3.63) is 28.2 Å². The first-order chi connectivity index (χ1) is 7.08. The lowest BCUT2D eigenvalue weighted by atomic mass is 10.3. The Hall–Kier alpha value is -0.510. The molecule has 5 heteroatoms. The number of halogens is 2. The fourth-order valence-electron chi connectivity index (χ4n) is 1.05. The van der Waals surface area contributed by atoms with E-state index in [4.69, 9.17) is 45.9 Å². The molecule has 0 heterocycles. The quantitative estimate of drug-likeness (QED) is 0.653. The molecule has 0 spiro atoms. The van der Waals surface area contributed by atoms with Gasteiger partial charge in [-0.05, 0) is 24.6 Å². The highest BCUT2D eigenvalue weighted by Gasteiger charge is 1.99. The average Bonchev–Trinajstić information content (AvgIpc) is 2.10. The topological polar surface area (TPSA) is 35.2 Å². The summed E-state index contributed by atoms with van der Waals surface area (Å²) in [5, 5.41) is 1.12. The molecule has 0 saturated heterocycles. The van der Waals surface area contributed by atoms with Gasteiger partial charge in [-0.25, -0.2) is 0 Å². The van der Waals surface area contributed by atoms with Crippen LogP contribution in [-0.4, -0.2) is 11.6 Å². The van der Waals surface area contributed by atoms with Gasteiger partial charge in [0.05, 0.1) is 11.6 Å². The molecule has 0 bridgehead atoms. The predicted molar refractivity (Wildman–Crippen MR) is 68.0 cm³/mol. The van der Waals surface area contributed by atoms with E-state index >= 15 is 0 Å². The smallest absolute Gasteiger partial charge is 0.122 e. The Bertz CT molecular complexity index is 337. The number of nitrogens with two attached hydrogens (primary N) is 1. The normalized spacial score (nSPS) is 10.0. The van der Waals surface area contributed by atoms with Crippen molar-refractivity contribution in [1.82, 2.24) is 0 Å². The highest BCUT2D eigenvalue weighted by Crippen LogP contribution is 2.24. The molecule has 0 saturated carbocycles. The third kappa shape index (κ3) is 5.21. The molecule has 0 amide bonds. The van der Waals surface area contributed by atoms with Gasteiger partial charge in [0, 0.05) is 16.5 Å². The van der Waals surface area contributed by atoms with Crippen LogP contribution in [0.25, 0.3) is 0 Å². The summed E-state index contributed by atoms with van der Waals surface area (Å²) in [7, 11) is 0. The minimum Gasteiger partial charge on any atom is -0.493 e. The van der Waals surface area contributed by atoms with E-state index in [1.165, 1.54) is 0 Å². The summed E-state index contributed by atoms with van der Waals surface area (Å²) in [4.78, 5) is 0.503. The van der Waals surface area contributed by atoms with Crippen LogP contribution in [0.1, 0.15) is 12.8 Å². The second-order valence-corrected chi connectivity index (χ2v) is 4.42. The van der Waals surface area contributed by atoms with Crippen LogP contribution in [0.3, 0.4) is 0 Å². The second-order valence-electron chi connectivity index (χ2n) is 3.02. The van der Waals surface area contributed by atoms with E-state index in [0.29, 0.717) is 33.8 Å². The lowest BCUT2D eigenvalue weighted by molar-refractivity contribution is 0.314. The highest BCUT2D eigenvalue weighted by molar-refractivity contribution is 7.80. The SMILES string of the molecule is NC(=S)CCCOc1cc(Cl)cc(Cl)c1. The van der Waals surface area contributed by atoms with Gasteiger partial charge < -0.3 is 10.5 Å². The minimum atomic E-state index is 0.503. The van der Waals surface area contributed by atoms with Crippen molar-refractivity contribution >= 4 is 40.4 Å². The summed E-state index contributed by atoms with van der Waals surface area (Å²) in [6, 6.07) is 5.09. The maximum Gasteiger partial charge on any atom is 0.122 e. The van der Waals surface area contributed by atoms with Gasteiger partial charge in [0.15, 0.2) is 0 Å². The molecule has 1 rings (SSSR count). The molecule has 0 atom stereocenters. The van der Waals surface area contributed by atoms with E-state index in [9.17, 15) is 0 Å². The number of benzene rings is 1. The van der Waals surface area contributed by atoms with Crippen LogP contribution in [0.2, 0.25) is 10.0 Å². The summed E-state index contributed by atoms with van der Waals surface area (Å²) in [5.74, 6) is 0.662. The van der Waals surface area contributed by atoms with Crippen molar-refractivity contribution < 1.29 is 4.74 Å². The first-order valence-electron chi connectivity index (χ1n) is 4.45. The molecule has 0 aliphatic rings. The predicted octanol–water partition coefficient (Wildman–Crippen LogP) is 3.44. The zero-order valence-electron chi connectivity index (χ0n) is 8.00. The molecule has 82 valence electrons. The first kappa shape index (κ1) is 12.6. The van der Waals surface area contributed by atoms with Gasteiger partial charge in [-0.2, -0.15) is 0 Å². The molecule has 0 aliphatic heterocycles. The van der Waals surface area contributed by atoms with Crippen LogP contribution in [0, 0.1) is 0 Å². The monoisotopic (exact) mass is 263 g/mol. The molecule has 0 unspecified atom stereocenters. The van der Waals surface area contributed by atoms with Crippen LogP contribution in [0.5, 0.6) is 5.75 Å². The molecule has 2 nitrogen and oxygen atoms in total. The lowest BCUT2D eigenvalue weighted by Crippen LogP contribution is -2.09. The Kier molecular flexibility index (Phi) is 5.15. The van der Waals surface area contributed by atoms with Crippen LogP contribution in [-0.2, 0) is 0 Å². The van der Waals surface area contributed by atoms with Crippen molar-refractivity contribution in [2.45, 2.75) is 12.8 Å². The summed E-state index contributed by atoms with van der Waals surface area (Å²) < 4.78 is 5.43. The van der Waals surface area contributed by atoms with E-state index in [1.807, 2.05) is 0 Å². The van der Waals surface area contributed by atoms with Gasteiger partial charge >= 0.3 is 0 Å². The summed E-state index contributed by atoms with van der Waals surface area (Å²) in [6.45, 7) is 0.550. The van der Waals surface area contributed by atoms with Gasteiger partial charge in [-0.1, -0.05) is 35.4 Å². The molecule has 0 fully saturated rings. The third-order valence-corrected chi connectivity index (χ3v) is 2.31. The lowest BCUT2D eigenvalue weighted by Gasteiger charge is -2.06. The molecular weight excluding hydrogens is 253 g/mol. The van der Waals surface area contributed by atoms with Gasteiger partial charge in [0.1, 0.15) is 5.75 Å². The van der Waals surface area contributed by atoms with Crippen molar-refractivity contribution in [2.75, 3.05) is 6.61 Å². The number of hydrogen-bond acceptors (Lipinski definition) is 2. The molecule has 15 heavy (non-hydrogen) atoms. The standard InChI is InChI=1S/C10H11Cl2NOS/c11-7-4-8(12)6-9(5-7)14-3-1-2-10(13)15/h4-6H,1-3H2,(H2,13,15). The zero-order valence-corrected chi connectivity index (χ0v) is 10.3. The van der Waals surface area contributed by atoms with Gasteiger partial charge in [-0.3, -0.25) is 0 Å². The van der Waals surface area contributed by atoms with Gasteiger partial charge in [0.2, 0.25) is 0 Å². The van der Waals surface area contributed by atoms with Crippen molar-refractivity contribution in [3.8, 4) is 5.75 Å². The highest BCUT2D eigenvalue weighted by atomic mass is 35.5. The number of thiocarbonyl (C=S) groups is 1. The van der Waals surface area contributed by atoms with E-state index in [-0.39, 0.29) is 0 Å². The summed E-state index contributed by atoms with van der Waals surface area (Å²) >= 11 is 16.4. The molecule has 2 N–H and O–H groups in total. The zero-order chi connectivity index (χ0) is 11.3. The van der Waals surface area contributed by atoms with Gasteiger partial charge in [-0.15, -0.1) is 0 Å². The Labute approximate surface area is 104 Å². The molecule has 0 aliphatic carbocycles. The van der Waals surface area contributed by atoms with E-state index in [0.717, 1.165) is 6.42 Å². The largest absolute Gasteiger partial charge is 0.493 e. The number of rotatable bonds is 5. The summed E-state index contributed by atoms with van der Waals surface area (Å²) in [6.07, 6.45) is 1.48. The Balaban J connectivity index is 2.40. The fourth-order valence-corrected chi connectivity index (χ4v) is 1.70. The third-order valence-electron chi connectivity index (χ3n) is 1.67. The van der Waals surface area contributed by atoms with Crippen LogP contribution >= 0.6 is 35.4 Å². The maximum absolute atomic E-state index is 5.81. The minimum absolute atomic E-state index is 0.503. The second kappa shape index (κ2) is 6.16. The number of hydrogen-bond donors (Lipinski definition) is 1. The van der Waals surface area contributed by atoms with Crippen LogP contribution in [0.15, 0.2) is 18.2 Å². The van der Waals surface area contributed by atoms with E-state index in [1.54, 1.807) is 18.2 Å². The van der Waals surface area contributed by atoms with Crippen molar-refractivity contribution in [2.24, 2.45) is 5.73 Å². The maximum atomic E-state index is 5.81. The Morgan fingerprint density at radius 2 is 1.87 bits per heavy atom. The van der Waals surface area contributed by atoms with Crippen LogP contribution < -0.4 is 10.5 Å². The molecule has 0 aromatic heterocycles. The molecule has 0 radical (unpaired) electrons. The Morgan fingerprint density at radius 3 is 2.40 bits per heavy atom. The average molecular weight is 264 g/mol. The van der Waals surface area contributed by atoms with Crippen LogP contribution in [0.4, 0.5) is 0 Å². The first-order valence-corrected chi connectivity index (χ1v) is 5.61. The van der Waals surface area contributed by atoms with E-state index < -0.39 is 0 Å². The molecule has 1 aromatic rings. The van der Waals surface area contributed by atoms with Crippen molar-refractivity contribution in [3.63, 3.8) is 0 Å².